The van der Waals surface area contributed by atoms with Crippen LogP contribution in [-0.2, 0) is 20.8 Å². The quantitative estimate of drug-likeness (QED) is 0.0875. The highest BCUT2D eigenvalue weighted by Crippen LogP contribution is 2.31. The molecule has 5 aromatic carbocycles. The third-order valence-electron chi connectivity index (χ3n) is 8.07. The summed E-state index contributed by atoms with van der Waals surface area (Å²) < 4.78 is 25.8. The smallest absolute Gasteiger partial charge is 0.346 e. The van der Waals surface area contributed by atoms with Crippen LogP contribution in [0.2, 0.25) is 0 Å². The Bertz CT molecular complexity index is 2370. The molecule has 0 radical (unpaired) electrons. The first-order valence-corrected chi connectivity index (χ1v) is 15.7. The molecule has 14 nitrogen and oxygen atoms in total. The number of aliphatic hydroxyl groups excluding tert-OH is 1. The Morgan fingerprint density at radius 3 is 2.06 bits per heavy atom. The summed E-state index contributed by atoms with van der Waals surface area (Å²) in [6.07, 6.45) is -1.56. The van der Waals surface area contributed by atoms with Gasteiger partial charge in [-0.05, 0) is 84.4 Å². The monoisotopic (exact) mass is 713 g/mol. The fourth-order valence-corrected chi connectivity index (χ4v) is 5.37. The summed E-state index contributed by atoms with van der Waals surface area (Å²) in [6, 6.07) is 26.1. The summed E-state index contributed by atoms with van der Waals surface area (Å²) in [6.45, 7) is -0.268. The lowest BCUT2D eigenvalue weighted by atomic mass is 10.1. The Balaban J connectivity index is 1.10. The Morgan fingerprint density at radius 2 is 1.30 bits per heavy atom. The van der Waals surface area contributed by atoms with Crippen molar-refractivity contribution in [1.82, 2.24) is 0 Å². The molecule has 0 aromatic heterocycles. The number of esters is 6. The fraction of sp³-hybridized carbons (Fsp3) is 0.0513. The number of carbonyl (C=O) groups excluding carboxylic acids is 7. The summed E-state index contributed by atoms with van der Waals surface area (Å²) in [5.41, 5.74) is 0.969. The summed E-state index contributed by atoms with van der Waals surface area (Å²) >= 11 is 0. The molecule has 1 amide bonds. The molecule has 0 fully saturated rings. The van der Waals surface area contributed by atoms with Crippen molar-refractivity contribution in [3.63, 3.8) is 0 Å². The van der Waals surface area contributed by atoms with Crippen molar-refractivity contribution in [2.24, 2.45) is 0 Å². The van der Waals surface area contributed by atoms with Gasteiger partial charge in [-0.2, -0.15) is 0 Å². The molecular weight excluding hydrogens is 690 g/mol. The lowest BCUT2D eigenvalue weighted by molar-refractivity contribution is -0.0548. The van der Waals surface area contributed by atoms with E-state index >= 15 is 0 Å². The normalized spacial score (nSPS) is 14.0. The van der Waals surface area contributed by atoms with Gasteiger partial charge in [-0.1, -0.05) is 30.3 Å². The Hall–Kier alpha value is -7.45. The predicted molar refractivity (Wildman–Crippen MR) is 179 cm³/mol. The number of rotatable bonds is 9. The maximum absolute atomic E-state index is 13.5. The van der Waals surface area contributed by atoms with E-state index in [1.807, 2.05) is 6.07 Å². The van der Waals surface area contributed by atoms with E-state index in [2.05, 4.69) is 10.1 Å². The highest BCUT2D eigenvalue weighted by atomic mass is 16.6. The van der Waals surface area contributed by atoms with Crippen LogP contribution >= 0.6 is 0 Å². The fourth-order valence-electron chi connectivity index (χ4n) is 5.37. The molecule has 2 N–H and O–H groups in total. The van der Waals surface area contributed by atoms with Crippen LogP contribution in [0, 0.1) is 0 Å². The molecule has 7 rings (SSSR count). The maximum Gasteiger partial charge on any atom is 0.346 e. The SMILES string of the molecule is O=C(Nc1ccccc1)c1ccc(COC(=O)c2cc(OC(=O)c3ccc4c(c3)C(O)OC4=O)ccc2OC(=O)c2ccc3c(c2)C(=O)OC3=O)cc1. The number of benzene rings is 5. The minimum absolute atomic E-state index is 0.0242. The molecule has 1 atom stereocenters. The van der Waals surface area contributed by atoms with Gasteiger partial charge in [-0.25, -0.2) is 28.8 Å². The van der Waals surface area contributed by atoms with E-state index in [-0.39, 0.29) is 63.0 Å². The number of fused-ring (bicyclic) bond motifs is 2. The maximum atomic E-state index is 13.5. The summed E-state index contributed by atoms with van der Waals surface area (Å²) in [5.74, 6) is -6.27. The van der Waals surface area contributed by atoms with Gasteiger partial charge in [0.1, 0.15) is 23.7 Å². The first kappa shape index (κ1) is 34.0. The molecule has 0 bridgehead atoms. The van der Waals surface area contributed by atoms with Crippen LogP contribution in [0.25, 0.3) is 0 Å². The minimum Gasteiger partial charge on any atom is -0.457 e. The number of cyclic esters (lactones) is 3. The van der Waals surface area contributed by atoms with E-state index in [0.717, 1.165) is 12.1 Å². The number of hydrogen-bond acceptors (Lipinski definition) is 13. The molecule has 5 aromatic rings. The van der Waals surface area contributed by atoms with Crippen LogP contribution in [0.5, 0.6) is 11.5 Å². The van der Waals surface area contributed by atoms with Gasteiger partial charge < -0.3 is 34.1 Å². The zero-order chi connectivity index (χ0) is 37.2. The van der Waals surface area contributed by atoms with Gasteiger partial charge in [0.2, 0.25) is 6.29 Å². The van der Waals surface area contributed by atoms with Gasteiger partial charge in [0.05, 0.1) is 27.8 Å². The Kier molecular flexibility index (Phi) is 9.02. The highest BCUT2D eigenvalue weighted by molar-refractivity contribution is 6.15. The van der Waals surface area contributed by atoms with Crippen LogP contribution in [-0.4, -0.2) is 46.8 Å². The highest BCUT2D eigenvalue weighted by Gasteiger charge is 2.32. The molecule has 14 heteroatoms. The first-order valence-electron chi connectivity index (χ1n) is 15.7. The molecule has 1 unspecified atom stereocenters. The largest absolute Gasteiger partial charge is 0.457 e. The van der Waals surface area contributed by atoms with Crippen molar-refractivity contribution in [2.75, 3.05) is 5.32 Å². The zero-order valence-electron chi connectivity index (χ0n) is 27.0. The molecular formula is C39H23NO13. The van der Waals surface area contributed by atoms with Gasteiger partial charge in [0.15, 0.2) is 0 Å². The van der Waals surface area contributed by atoms with Gasteiger partial charge in [0.25, 0.3) is 5.91 Å². The molecule has 2 heterocycles. The number of amides is 1. The third-order valence-corrected chi connectivity index (χ3v) is 8.07. The number of hydrogen-bond donors (Lipinski definition) is 2. The van der Waals surface area contributed by atoms with Crippen LogP contribution in [0.1, 0.15) is 89.9 Å². The van der Waals surface area contributed by atoms with Gasteiger partial charge >= 0.3 is 35.8 Å². The molecule has 0 saturated heterocycles. The summed E-state index contributed by atoms with van der Waals surface area (Å²) in [5, 5.41) is 12.8. The second kappa shape index (κ2) is 14.0. The third kappa shape index (κ3) is 7.10. The number of nitrogens with one attached hydrogen (secondary N) is 1. The number of aliphatic hydroxyl groups is 1. The lowest BCUT2D eigenvalue weighted by Gasteiger charge is -2.13. The van der Waals surface area contributed by atoms with E-state index in [4.69, 9.17) is 18.9 Å². The topological polar surface area (TPSA) is 198 Å². The van der Waals surface area contributed by atoms with Crippen molar-refractivity contribution < 1.29 is 62.4 Å². The molecule has 0 spiro atoms. The Labute approximate surface area is 298 Å². The van der Waals surface area contributed by atoms with Crippen LogP contribution in [0.3, 0.4) is 0 Å². The van der Waals surface area contributed by atoms with E-state index < -0.39 is 42.1 Å². The minimum atomic E-state index is -1.56. The van der Waals surface area contributed by atoms with Crippen molar-refractivity contribution in [1.29, 1.82) is 0 Å². The van der Waals surface area contributed by atoms with Crippen molar-refractivity contribution in [3.8, 4) is 11.5 Å². The first-order chi connectivity index (χ1) is 25.5. The molecule has 53 heavy (non-hydrogen) atoms. The average Bonchev–Trinajstić information content (AvgIpc) is 3.62. The van der Waals surface area contributed by atoms with Crippen molar-refractivity contribution >= 4 is 47.4 Å². The van der Waals surface area contributed by atoms with E-state index in [1.165, 1.54) is 42.5 Å². The second-order valence-electron chi connectivity index (χ2n) is 11.5. The molecule has 0 saturated carbocycles. The number of anilines is 1. The van der Waals surface area contributed by atoms with Crippen LogP contribution in [0.4, 0.5) is 5.69 Å². The van der Waals surface area contributed by atoms with E-state index in [0.29, 0.717) is 16.8 Å². The molecule has 0 aliphatic carbocycles. The number of para-hydroxylation sites is 1. The summed E-state index contributed by atoms with van der Waals surface area (Å²) in [7, 11) is 0. The Morgan fingerprint density at radius 1 is 0.642 bits per heavy atom. The van der Waals surface area contributed by atoms with Crippen molar-refractivity contribution in [3.05, 3.63) is 159 Å². The molecule has 2 aliphatic rings. The summed E-state index contributed by atoms with van der Waals surface area (Å²) in [4.78, 5) is 88.0. The predicted octanol–water partition coefficient (Wildman–Crippen LogP) is 5.21. The average molecular weight is 714 g/mol. The van der Waals surface area contributed by atoms with Gasteiger partial charge in [-0.3, -0.25) is 4.79 Å². The second-order valence-corrected chi connectivity index (χ2v) is 11.5. The van der Waals surface area contributed by atoms with Crippen molar-refractivity contribution in [2.45, 2.75) is 12.9 Å². The molecule has 2 aliphatic heterocycles. The lowest BCUT2D eigenvalue weighted by Crippen LogP contribution is -2.15. The van der Waals surface area contributed by atoms with Gasteiger partial charge in [-0.15, -0.1) is 0 Å². The zero-order valence-corrected chi connectivity index (χ0v) is 27.0. The standard InChI is InChI=1S/C39H23NO13/c41-32(40-24-4-2-1-3-5-24)21-8-6-20(7-9-21)19-49-35(44)30-18-25(50-33(42)22-10-13-26-28(16-22)38(47)52-36(26)45)12-15-31(30)51-34(43)23-11-14-27-29(17-23)39(48)53-37(27)46/h1-18,38,47H,19H2,(H,40,41). The van der Waals surface area contributed by atoms with E-state index in [9.17, 15) is 38.7 Å². The number of ether oxygens (including phenoxy) is 5. The van der Waals surface area contributed by atoms with E-state index in [1.54, 1.807) is 48.5 Å². The number of carbonyl (C=O) groups is 7. The van der Waals surface area contributed by atoms with Gasteiger partial charge in [0, 0.05) is 16.8 Å². The van der Waals surface area contributed by atoms with Crippen LogP contribution in [0.15, 0.2) is 109 Å². The molecule has 262 valence electrons. The van der Waals surface area contributed by atoms with Crippen LogP contribution < -0.4 is 14.8 Å².